The van der Waals surface area contributed by atoms with E-state index in [1.54, 1.807) is 18.2 Å². The Morgan fingerprint density at radius 1 is 1.08 bits per heavy atom. The van der Waals surface area contributed by atoms with Gasteiger partial charge in [-0.15, -0.1) is 0 Å². The Labute approximate surface area is 159 Å². The normalized spacial score (nSPS) is 12.1. The summed E-state index contributed by atoms with van der Waals surface area (Å²) in [4.78, 5) is 0. The maximum Gasteiger partial charge on any atom is 0.116 e. The number of benzene rings is 1. The summed E-state index contributed by atoms with van der Waals surface area (Å²) >= 11 is 0. The monoisotopic (exact) mass is 354 g/mol. The van der Waals surface area contributed by atoms with E-state index in [-0.39, 0.29) is 16.9 Å². The highest BCUT2D eigenvalue weighted by Gasteiger charge is 2.25. The molecule has 0 aromatic heterocycles. The maximum atomic E-state index is 9.98. The Morgan fingerprint density at radius 3 is 2.12 bits per heavy atom. The molecular formula is C24H34O2. The van der Waals surface area contributed by atoms with Gasteiger partial charge in [0.05, 0.1) is 5.76 Å². The molecule has 0 saturated carbocycles. The first kappa shape index (κ1) is 23.5. The molecule has 1 aromatic rings. The average molecular weight is 355 g/mol. The predicted octanol–water partition coefficient (Wildman–Crippen LogP) is 7.37. The molecule has 1 rings (SSSR count). The molecule has 26 heavy (non-hydrogen) atoms. The van der Waals surface area contributed by atoms with E-state index < -0.39 is 0 Å². The van der Waals surface area contributed by atoms with Crippen LogP contribution < -0.4 is 0 Å². The molecule has 0 amide bonds. The number of hydrogen-bond donors (Lipinski definition) is 2. The summed E-state index contributed by atoms with van der Waals surface area (Å²) in [5, 5.41) is 19.8. The lowest BCUT2D eigenvalue weighted by Gasteiger charge is -2.30. The van der Waals surface area contributed by atoms with Gasteiger partial charge in [0, 0.05) is 11.8 Å². The van der Waals surface area contributed by atoms with Crippen molar-refractivity contribution in [2.75, 3.05) is 0 Å². The second kappa shape index (κ2) is 10.5. The van der Waals surface area contributed by atoms with E-state index in [0.29, 0.717) is 6.42 Å². The van der Waals surface area contributed by atoms with Crippen LogP contribution in [0.4, 0.5) is 0 Å². The van der Waals surface area contributed by atoms with Crippen molar-refractivity contribution < 1.29 is 10.2 Å². The third kappa shape index (κ3) is 7.18. The molecule has 0 radical (unpaired) electrons. The summed E-state index contributed by atoms with van der Waals surface area (Å²) in [5.41, 5.74) is 4.18. The summed E-state index contributed by atoms with van der Waals surface area (Å²) < 4.78 is 0. The fourth-order valence-corrected chi connectivity index (χ4v) is 2.35. The second-order valence-electron chi connectivity index (χ2n) is 6.83. The molecule has 0 bridgehead atoms. The van der Waals surface area contributed by atoms with Gasteiger partial charge in [0.1, 0.15) is 5.75 Å². The fourth-order valence-electron chi connectivity index (χ4n) is 2.35. The molecule has 0 heterocycles. The summed E-state index contributed by atoms with van der Waals surface area (Å²) in [6.07, 6.45) is 3.95. The highest BCUT2D eigenvalue weighted by atomic mass is 16.3. The molecule has 2 heteroatoms. The molecule has 0 aliphatic rings. The number of hydrogen-bond acceptors (Lipinski definition) is 2. The molecule has 142 valence electrons. The van der Waals surface area contributed by atoms with Crippen molar-refractivity contribution in [2.24, 2.45) is 5.41 Å². The molecule has 0 fully saturated rings. The molecule has 2 N–H and O–H groups in total. The SMILES string of the molecule is C=C(C)/C=C(/O)CC(=C)/C=C(/c1cccc(O)c1)C(C)(C)C(=C)C.CC. The van der Waals surface area contributed by atoms with Crippen LogP contribution in [0.1, 0.15) is 53.5 Å². The molecular weight excluding hydrogens is 320 g/mol. The number of aromatic hydroxyl groups is 1. The van der Waals surface area contributed by atoms with Gasteiger partial charge in [-0.3, -0.25) is 0 Å². The van der Waals surface area contributed by atoms with Gasteiger partial charge < -0.3 is 10.2 Å². The minimum atomic E-state index is -0.301. The molecule has 0 aliphatic heterocycles. The Bertz CT molecular complexity index is 715. The number of phenolic OH excluding ortho intramolecular Hbond substituents is 1. The summed E-state index contributed by atoms with van der Waals surface area (Å²) in [6, 6.07) is 7.14. The van der Waals surface area contributed by atoms with Gasteiger partial charge in [-0.1, -0.05) is 76.8 Å². The zero-order chi connectivity index (χ0) is 20.5. The van der Waals surface area contributed by atoms with Gasteiger partial charge in [-0.25, -0.2) is 0 Å². The summed E-state index contributed by atoms with van der Waals surface area (Å²) in [5.74, 6) is 0.443. The summed E-state index contributed by atoms with van der Waals surface area (Å²) in [7, 11) is 0. The van der Waals surface area contributed by atoms with Gasteiger partial charge in [0.25, 0.3) is 0 Å². The Kier molecular flexibility index (Phi) is 9.50. The minimum absolute atomic E-state index is 0.214. The van der Waals surface area contributed by atoms with Crippen molar-refractivity contribution in [1.29, 1.82) is 0 Å². The van der Waals surface area contributed by atoms with Crippen LogP contribution in [0, 0.1) is 5.41 Å². The third-order valence-electron chi connectivity index (χ3n) is 4.07. The number of aliphatic hydroxyl groups excluding tert-OH is 1. The van der Waals surface area contributed by atoms with Crippen molar-refractivity contribution in [3.05, 3.63) is 84.2 Å². The largest absolute Gasteiger partial charge is 0.512 e. The highest BCUT2D eigenvalue weighted by Crippen LogP contribution is 2.41. The van der Waals surface area contributed by atoms with Crippen molar-refractivity contribution in [2.45, 2.75) is 48.0 Å². The van der Waals surface area contributed by atoms with Crippen molar-refractivity contribution in [3.8, 4) is 5.75 Å². The van der Waals surface area contributed by atoms with E-state index in [2.05, 4.69) is 33.6 Å². The van der Waals surface area contributed by atoms with E-state index in [4.69, 9.17) is 0 Å². The van der Waals surface area contributed by atoms with E-state index in [1.807, 2.05) is 45.9 Å². The van der Waals surface area contributed by atoms with Crippen LogP contribution in [0.15, 0.2) is 78.6 Å². The van der Waals surface area contributed by atoms with Crippen molar-refractivity contribution in [3.63, 3.8) is 0 Å². The van der Waals surface area contributed by atoms with Gasteiger partial charge in [0.2, 0.25) is 0 Å². The van der Waals surface area contributed by atoms with Crippen LogP contribution in [0.25, 0.3) is 5.57 Å². The average Bonchev–Trinajstić information content (AvgIpc) is 2.53. The lowest BCUT2D eigenvalue weighted by Crippen LogP contribution is -2.15. The van der Waals surface area contributed by atoms with Crippen molar-refractivity contribution in [1.82, 2.24) is 0 Å². The molecule has 1 aromatic carbocycles. The van der Waals surface area contributed by atoms with E-state index in [9.17, 15) is 10.2 Å². The fraction of sp³-hybridized carbons (Fsp3) is 0.333. The predicted molar refractivity (Wildman–Crippen MR) is 115 cm³/mol. The number of aliphatic hydroxyl groups is 1. The summed E-state index contributed by atoms with van der Waals surface area (Å²) in [6.45, 7) is 23.9. The first-order valence-electron chi connectivity index (χ1n) is 8.94. The van der Waals surface area contributed by atoms with Crippen LogP contribution in [-0.2, 0) is 0 Å². The third-order valence-corrected chi connectivity index (χ3v) is 4.07. The highest BCUT2D eigenvalue weighted by molar-refractivity contribution is 5.75. The quantitative estimate of drug-likeness (QED) is 0.305. The standard InChI is InChI=1S/C22H28O2.C2H6/c1-15(2)11-20(24)12-17(5)13-21(22(6,7)16(3)4)18-9-8-10-19(23)14-18;1-2/h8-11,13-14,23-24H,1,3,5,12H2,2,4,6-7H3;1-2H3/b20-11+,21-13-;. The Morgan fingerprint density at radius 2 is 1.65 bits per heavy atom. The van der Waals surface area contributed by atoms with Crippen LogP contribution in [0.5, 0.6) is 5.75 Å². The first-order valence-corrected chi connectivity index (χ1v) is 8.94. The van der Waals surface area contributed by atoms with Crippen molar-refractivity contribution >= 4 is 5.57 Å². The van der Waals surface area contributed by atoms with E-state index in [0.717, 1.165) is 27.9 Å². The number of rotatable bonds is 7. The van der Waals surface area contributed by atoms with Gasteiger partial charge in [0.15, 0.2) is 0 Å². The Hall–Kier alpha value is -2.48. The smallest absolute Gasteiger partial charge is 0.116 e. The van der Waals surface area contributed by atoms with Gasteiger partial charge in [-0.05, 0) is 48.8 Å². The van der Waals surface area contributed by atoms with Gasteiger partial charge >= 0.3 is 0 Å². The molecule has 2 nitrogen and oxygen atoms in total. The maximum absolute atomic E-state index is 9.98. The second-order valence-corrected chi connectivity index (χ2v) is 6.83. The minimum Gasteiger partial charge on any atom is -0.512 e. The van der Waals surface area contributed by atoms with Crippen LogP contribution in [0.2, 0.25) is 0 Å². The molecule has 0 aliphatic carbocycles. The lowest BCUT2D eigenvalue weighted by molar-refractivity contribution is 0.399. The molecule has 0 spiro atoms. The lowest BCUT2D eigenvalue weighted by atomic mass is 9.74. The van der Waals surface area contributed by atoms with Crippen LogP contribution in [0.3, 0.4) is 0 Å². The van der Waals surface area contributed by atoms with E-state index >= 15 is 0 Å². The zero-order valence-electron chi connectivity index (χ0n) is 17.2. The van der Waals surface area contributed by atoms with E-state index in [1.165, 1.54) is 0 Å². The van der Waals surface area contributed by atoms with Gasteiger partial charge in [-0.2, -0.15) is 0 Å². The Balaban J connectivity index is 0.00000301. The zero-order valence-corrected chi connectivity index (χ0v) is 17.2. The molecule has 0 atom stereocenters. The number of allylic oxidation sites excluding steroid dienone is 6. The first-order chi connectivity index (χ1) is 12.0. The number of phenols is 1. The molecule has 0 saturated heterocycles. The molecule has 0 unspecified atom stereocenters. The van der Waals surface area contributed by atoms with Crippen LogP contribution >= 0.6 is 0 Å². The van der Waals surface area contributed by atoms with Crippen LogP contribution in [-0.4, -0.2) is 10.2 Å². The topological polar surface area (TPSA) is 40.5 Å².